The van der Waals surface area contributed by atoms with Gasteiger partial charge in [0.15, 0.2) is 11.9 Å². The van der Waals surface area contributed by atoms with E-state index in [1.165, 1.54) is 12.5 Å². The summed E-state index contributed by atoms with van der Waals surface area (Å²) in [6, 6.07) is -6.21. The van der Waals surface area contributed by atoms with Crippen molar-refractivity contribution in [3.63, 3.8) is 0 Å². The molecule has 33 nitrogen and oxygen atoms in total. The average Bonchev–Trinajstić information content (AvgIpc) is 1.64. The van der Waals surface area contributed by atoms with Gasteiger partial charge in [-0.3, -0.25) is 73.3 Å². The lowest BCUT2D eigenvalue weighted by Crippen LogP contribution is -2.62. The van der Waals surface area contributed by atoms with Crippen LogP contribution >= 0.6 is 0 Å². The lowest BCUT2D eigenvalue weighted by Gasteiger charge is -2.33. The normalized spacial score (nSPS) is 16.6. The molecular formula is C59H92N20O13. The number of nitrogens with two attached hydrogens (primary N) is 4. The number of aromatic nitrogens is 3. The van der Waals surface area contributed by atoms with Crippen LogP contribution in [0.3, 0.4) is 0 Å². The zero-order valence-electron chi connectivity index (χ0n) is 53.0. The van der Waals surface area contributed by atoms with Gasteiger partial charge in [-0.15, -0.1) is 0 Å². The largest absolute Gasteiger partial charge is 0.394 e. The molecule has 0 saturated carbocycles. The Morgan fingerprint density at radius 3 is 1.78 bits per heavy atom. The van der Waals surface area contributed by atoms with Crippen LogP contribution in [0.25, 0.3) is 10.9 Å². The second-order valence-electron chi connectivity index (χ2n) is 23.5. The van der Waals surface area contributed by atoms with Crippen molar-refractivity contribution in [3.05, 3.63) is 54.2 Å². The van der Waals surface area contributed by atoms with E-state index in [4.69, 9.17) is 33.8 Å². The molecule has 1 fully saturated rings. The topological polar surface area (TPSA) is 545 Å². The highest BCUT2D eigenvalue weighted by Gasteiger charge is 2.48. The summed E-state index contributed by atoms with van der Waals surface area (Å²) in [4.78, 5) is 177. The lowest BCUT2D eigenvalue weighted by atomic mass is 9.93. The monoisotopic (exact) mass is 1290 g/mol. The third-order valence-corrected chi connectivity index (χ3v) is 15.8. The molecule has 12 amide bonds. The Morgan fingerprint density at radius 1 is 0.652 bits per heavy atom. The molecule has 1 aliphatic rings. The summed E-state index contributed by atoms with van der Waals surface area (Å²) in [5.41, 5.74) is 23.3. The number of fused-ring (bicyclic) bond motifs is 1. The third kappa shape index (κ3) is 22.7. The number of aromatic amines is 2. The van der Waals surface area contributed by atoms with Crippen molar-refractivity contribution in [2.45, 2.75) is 173 Å². The Balaban J connectivity index is 1.58. The SMILES string of the molecule is CC[C@H](C)[C@H](NC(=O)[C@H]([C@@H](C)CC)N1C(=O)C[C@H](NC(=O)[C@H](CCCNC(=N)N)NC(=O)[C@H](CC(C)C)NC(=O)[C@H](CO)NC(=O)[C@@H](C)CCCNC(=N)N)C1=O)C(=O)N[C@@H](Cc1cnc[nH]1)C(=O)N[C@@H](Cc1c[nH]c2ccccc12)C(=O)N[C@@H](CC(N)=O)C(N)=O. The van der Waals surface area contributed by atoms with Crippen molar-refractivity contribution in [2.75, 3.05) is 19.7 Å². The predicted octanol–water partition coefficient (Wildman–Crippen LogP) is -3.66. The summed E-state index contributed by atoms with van der Waals surface area (Å²) in [7, 11) is 0. The smallest absolute Gasteiger partial charge is 0.253 e. The zero-order chi connectivity index (χ0) is 68.5. The molecule has 0 bridgehead atoms. The fraction of sp³-hybridized carbons (Fsp3) is 0.576. The minimum absolute atomic E-state index is 0.0181. The summed E-state index contributed by atoms with van der Waals surface area (Å²) in [5, 5.41) is 51.7. The highest BCUT2D eigenvalue weighted by atomic mass is 16.3. The molecule has 0 unspecified atom stereocenters. The highest BCUT2D eigenvalue weighted by molar-refractivity contribution is 6.10. The van der Waals surface area contributed by atoms with Gasteiger partial charge < -0.3 is 91.2 Å². The molecule has 23 N–H and O–H groups in total. The number of amides is 12. The Kier molecular flexibility index (Phi) is 29.4. The molecule has 12 atom stereocenters. The molecule has 33 heteroatoms. The first kappa shape index (κ1) is 74.8. The van der Waals surface area contributed by atoms with Gasteiger partial charge >= 0.3 is 0 Å². The van der Waals surface area contributed by atoms with Crippen molar-refractivity contribution in [1.82, 2.24) is 73.0 Å². The van der Waals surface area contributed by atoms with E-state index in [-0.39, 0.29) is 69.3 Å². The fourth-order valence-corrected chi connectivity index (χ4v) is 10.2. The second kappa shape index (κ2) is 36.2. The number of imide groups is 1. The van der Waals surface area contributed by atoms with Crippen LogP contribution in [0, 0.1) is 34.5 Å². The van der Waals surface area contributed by atoms with Crippen LogP contribution in [0.1, 0.15) is 118 Å². The number of likely N-dealkylation sites (tertiary alicyclic amines) is 1. The number of benzene rings is 1. The first-order chi connectivity index (χ1) is 43.5. The molecule has 0 spiro atoms. The number of primary amides is 2. The molecule has 3 heterocycles. The number of nitrogens with one attached hydrogen (secondary N) is 14. The molecule has 0 radical (unpaired) electrons. The summed E-state index contributed by atoms with van der Waals surface area (Å²) in [6.45, 7) is 11.4. The van der Waals surface area contributed by atoms with Gasteiger partial charge in [0.1, 0.15) is 54.4 Å². The highest BCUT2D eigenvalue weighted by Crippen LogP contribution is 2.25. The van der Waals surface area contributed by atoms with Gasteiger partial charge in [0.05, 0.1) is 25.8 Å². The number of aliphatic hydroxyl groups is 1. The van der Waals surface area contributed by atoms with Crippen LogP contribution in [0.4, 0.5) is 0 Å². The number of carbonyl (C=O) groups is 12. The standard InChI is InChI=1S/C59H92N20O13/c1-8-30(5)46(55(90)75-41(22-34-26-66-28-70-34)53(88)74-40(52(87)72-38(48(61)83)23-44(60)81)21-33-25-69-36-16-11-10-15-35(33)36)78-56(91)47(31(6)9-2)79-45(82)24-42(57(79)92)76-50(85)37(17-13-19-68-59(64)65)71-51(86)39(20-29(3)4)73-54(89)43(27-80)77-49(84)32(7)14-12-18-67-58(62)63/h10-11,15-16,25-26,28-32,37-43,46-47,69,80H,8-9,12-14,17-24,27H2,1-7H3,(H2,60,81)(H2,61,83)(H,66,70)(H,71,86)(H,72,87)(H,73,89)(H,74,88)(H,75,90)(H,76,85)(H,77,84)(H,78,91)(H4,62,63,67)(H4,64,65,68)/t30-,31-,32-,37-,38-,39-,40-,41-,42-,43-,46-,47-/m0/s1. The number of aliphatic hydroxyl groups excluding tert-OH is 1. The van der Waals surface area contributed by atoms with E-state index in [1.807, 2.05) is 0 Å². The molecule has 1 aliphatic heterocycles. The Morgan fingerprint density at radius 2 is 1.21 bits per heavy atom. The zero-order valence-corrected chi connectivity index (χ0v) is 53.0. The van der Waals surface area contributed by atoms with Crippen LogP contribution in [0.15, 0.2) is 43.0 Å². The average molecular weight is 1290 g/mol. The molecule has 92 heavy (non-hydrogen) atoms. The minimum atomic E-state index is -1.57. The Labute approximate surface area is 532 Å². The Hall–Kier alpha value is -9.69. The number of para-hydroxylation sites is 1. The quantitative estimate of drug-likeness (QED) is 0.0113. The van der Waals surface area contributed by atoms with E-state index in [1.54, 1.807) is 78.9 Å². The van der Waals surface area contributed by atoms with E-state index in [0.717, 1.165) is 4.90 Å². The number of hydrogen-bond donors (Lipinski definition) is 19. The first-order valence-electron chi connectivity index (χ1n) is 30.7. The van der Waals surface area contributed by atoms with Gasteiger partial charge in [0, 0.05) is 60.8 Å². The molecule has 1 aromatic carbocycles. The first-order valence-corrected chi connectivity index (χ1v) is 30.7. The van der Waals surface area contributed by atoms with Crippen LogP contribution in [0.2, 0.25) is 0 Å². The number of hydrogen-bond acceptors (Lipinski definition) is 16. The van der Waals surface area contributed by atoms with Gasteiger partial charge in [-0.25, -0.2) is 4.98 Å². The van der Waals surface area contributed by atoms with Crippen LogP contribution in [-0.2, 0) is 70.4 Å². The van der Waals surface area contributed by atoms with Crippen molar-refractivity contribution in [1.29, 1.82) is 10.8 Å². The summed E-state index contributed by atoms with van der Waals surface area (Å²) in [5.74, 6) is -13.7. The molecule has 506 valence electrons. The van der Waals surface area contributed by atoms with E-state index in [0.29, 0.717) is 41.5 Å². The van der Waals surface area contributed by atoms with Crippen LogP contribution in [0.5, 0.6) is 0 Å². The molecule has 3 aromatic rings. The van der Waals surface area contributed by atoms with E-state index < -0.39 is 162 Å². The molecule has 2 aromatic heterocycles. The predicted molar refractivity (Wildman–Crippen MR) is 336 cm³/mol. The third-order valence-electron chi connectivity index (χ3n) is 15.8. The van der Waals surface area contributed by atoms with Crippen molar-refractivity contribution < 1.29 is 62.6 Å². The van der Waals surface area contributed by atoms with Crippen molar-refractivity contribution >= 4 is 93.7 Å². The van der Waals surface area contributed by atoms with Gasteiger partial charge in [0.2, 0.25) is 65.0 Å². The molecule has 1 saturated heterocycles. The van der Waals surface area contributed by atoms with Crippen LogP contribution < -0.4 is 76.1 Å². The summed E-state index contributed by atoms with van der Waals surface area (Å²) < 4.78 is 0. The lowest BCUT2D eigenvalue weighted by molar-refractivity contribution is -0.150. The fourth-order valence-electron chi connectivity index (χ4n) is 10.2. The van der Waals surface area contributed by atoms with E-state index in [9.17, 15) is 62.6 Å². The van der Waals surface area contributed by atoms with Crippen LogP contribution in [-0.4, -0.2) is 182 Å². The second-order valence-corrected chi connectivity index (χ2v) is 23.5. The van der Waals surface area contributed by atoms with Gasteiger partial charge in [-0.1, -0.05) is 79.5 Å². The maximum Gasteiger partial charge on any atom is 0.253 e. The number of H-pyrrole nitrogens is 2. The van der Waals surface area contributed by atoms with E-state index in [2.05, 4.69) is 68.1 Å². The van der Waals surface area contributed by atoms with Gasteiger partial charge in [-0.05, 0) is 61.5 Å². The minimum Gasteiger partial charge on any atom is -0.394 e. The van der Waals surface area contributed by atoms with Crippen molar-refractivity contribution in [2.24, 2.45) is 46.6 Å². The Bertz CT molecular complexity index is 3100. The number of rotatable bonds is 39. The molecular weight excluding hydrogens is 1200 g/mol. The maximum atomic E-state index is 14.8. The summed E-state index contributed by atoms with van der Waals surface area (Å²) in [6.07, 6.45) is 3.97. The maximum absolute atomic E-state index is 14.8. The number of carbonyl (C=O) groups excluding carboxylic acids is 12. The van der Waals surface area contributed by atoms with E-state index >= 15 is 0 Å². The van der Waals surface area contributed by atoms with Gasteiger partial charge in [0.25, 0.3) is 5.91 Å². The summed E-state index contributed by atoms with van der Waals surface area (Å²) >= 11 is 0. The van der Waals surface area contributed by atoms with Gasteiger partial charge in [-0.2, -0.15) is 0 Å². The number of nitrogens with zero attached hydrogens (tertiary/aromatic N) is 2. The number of imidazole rings is 1. The number of guanidine groups is 2. The molecule has 4 rings (SSSR count). The molecule has 0 aliphatic carbocycles. The van der Waals surface area contributed by atoms with Crippen molar-refractivity contribution in [3.8, 4) is 0 Å².